The molecule has 26 heavy (non-hydrogen) atoms. The van der Waals surface area contributed by atoms with E-state index in [1.165, 1.54) is 0 Å². The summed E-state index contributed by atoms with van der Waals surface area (Å²) in [5.41, 5.74) is 0.940. The molecule has 0 saturated carbocycles. The number of benzene rings is 1. The van der Waals surface area contributed by atoms with E-state index in [1.807, 2.05) is 31.2 Å². The Bertz CT molecular complexity index is 616. The minimum atomic E-state index is -0.0672. The Labute approximate surface area is 155 Å². The molecule has 6 heteroatoms. The first kappa shape index (κ1) is 20.0. The molecule has 1 saturated heterocycles. The Kier molecular flexibility index (Phi) is 8.67. The van der Waals surface area contributed by atoms with Gasteiger partial charge >= 0.3 is 0 Å². The van der Waals surface area contributed by atoms with Crippen LogP contribution >= 0.6 is 0 Å². The SMILES string of the molecule is CCOc1ccc(/C=C/C(=O)N(CCC#N)CCN2CCOCC2)cc1. The fourth-order valence-corrected chi connectivity index (χ4v) is 2.72. The molecule has 1 aliphatic heterocycles. The lowest BCUT2D eigenvalue weighted by Gasteiger charge is -2.29. The highest BCUT2D eigenvalue weighted by Gasteiger charge is 2.14. The fourth-order valence-electron chi connectivity index (χ4n) is 2.72. The number of morpholine rings is 1. The first-order chi connectivity index (χ1) is 12.7. The van der Waals surface area contributed by atoms with Crippen LogP contribution in [0, 0.1) is 11.3 Å². The first-order valence-electron chi connectivity index (χ1n) is 9.10. The quantitative estimate of drug-likeness (QED) is 0.634. The second kappa shape index (κ2) is 11.3. The Morgan fingerprint density at radius 2 is 2.04 bits per heavy atom. The van der Waals surface area contributed by atoms with Crippen molar-refractivity contribution in [1.29, 1.82) is 5.26 Å². The Morgan fingerprint density at radius 3 is 2.69 bits per heavy atom. The van der Waals surface area contributed by atoms with Crippen molar-refractivity contribution >= 4 is 12.0 Å². The number of carbonyl (C=O) groups excluding carboxylic acids is 1. The predicted octanol–water partition coefficient (Wildman–Crippen LogP) is 2.17. The average Bonchev–Trinajstić information content (AvgIpc) is 2.68. The number of hydrogen-bond donors (Lipinski definition) is 0. The van der Waals surface area contributed by atoms with Crippen LogP contribution in [0.5, 0.6) is 5.75 Å². The highest BCUT2D eigenvalue weighted by Crippen LogP contribution is 2.13. The van der Waals surface area contributed by atoms with Crippen LogP contribution in [0.3, 0.4) is 0 Å². The standard InChI is InChI=1S/C20H27N3O3/c1-2-26-19-7-4-18(5-8-19)6-9-20(24)23(11-3-10-21)13-12-22-14-16-25-17-15-22/h4-9H,2-3,11-17H2,1H3/b9-6+. The zero-order valence-electron chi connectivity index (χ0n) is 15.4. The maximum atomic E-state index is 12.5. The smallest absolute Gasteiger partial charge is 0.246 e. The molecule has 140 valence electrons. The molecule has 1 aromatic rings. The minimum absolute atomic E-state index is 0.0672. The Balaban J connectivity index is 1.90. The molecule has 0 N–H and O–H groups in total. The van der Waals surface area contributed by atoms with Crippen LogP contribution in [-0.2, 0) is 9.53 Å². The van der Waals surface area contributed by atoms with Crippen molar-refractivity contribution in [3.63, 3.8) is 0 Å². The van der Waals surface area contributed by atoms with Gasteiger partial charge in [0, 0.05) is 38.8 Å². The van der Waals surface area contributed by atoms with Crippen LogP contribution < -0.4 is 4.74 Å². The third-order valence-corrected chi connectivity index (χ3v) is 4.20. The maximum absolute atomic E-state index is 12.5. The Morgan fingerprint density at radius 1 is 1.31 bits per heavy atom. The van der Waals surface area contributed by atoms with Gasteiger partial charge in [-0.05, 0) is 30.7 Å². The van der Waals surface area contributed by atoms with Gasteiger partial charge in [-0.25, -0.2) is 0 Å². The van der Waals surface area contributed by atoms with Crippen LogP contribution in [0.25, 0.3) is 6.08 Å². The van der Waals surface area contributed by atoms with E-state index in [0.717, 1.165) is 44.2 Å². The van der Waals surface area contributed by atoms with Gasteiger partial charge < -0.3 is 14.4 Å². The van der Waals surface area contributed by atoms with Crippen molar-refractivity contribution in [2.24, 2.45) is 0 Å². The molecule has 0 atom stereocenters. The number of carbonyl (C=O) groups is 1. The molecule has 1 aliphatic rings. The highest BCUT2D eigenvalue weighted by molar-refractivity contribution is 5.91. The summed E-state index contributed by atoms with van der Waals surface area (Å²) in [6.07, 6.45) is 3.71. The zero-order valence-corrected chi connectivity index (χ0v) is 15.4. The van der Waals surface area contributed by atoms with Gasteiger partial charge in [-0.15, -0.1) is 0 Å². The van der Waals surface area contributed by atoms with E-state index in [9.17, 15) is 4.79 Å². The normalized spacial score (nSPS) is 14.9. The molecule has 0 aliphatic carbocycles. The lowest BCUT2D eigenvalue weighted by molar-refractivity contribution is -0.126. The van der Waals surface area contributed by atoms with Gasteiger partial charge in [0.05, 0.1) is 32.3 Å². The molecule has 0 radical (unpaired) electrons. The minimum Gasteiger partial charge on any atom is -0.494 e. The highest BCUT2D eigenvalue weighted by atomic mass is 16.5. The van der Waals surface area contributed by atoms with Crippen molar-refractivity contribution in [2.75, 3.05) is 52.5 Å². The van der Waals surface area contributed by atoms with E-state index in [0.29, 0.717) is 26.1 Å². The lowest BCUT2D eigenvalue weighted by Crippen LogP contribution is -2.43. The molecule has 1 amide bonds. The predicted molar refractivity (Wildman–Crippen MR) is 101 cm³/mol. The van der Waals surface area contributed by atoms with Gasteiger partial charge in [-0.1, -0.05) is 12.1 Å². The van der Waals surface area contributed by atoms with Crippen molar-refractivity contribution in [3.8, 4) is 11.8 Å². The van der Waals surface area contributed by atoms with E-state index in [2.05, 4.69) is 11.0 Å². The monoisotopic (exact) mass is 357 g/mol. The maximum Gasteiger partial charge on any atom is 0.246 e. The van der Waals surface area contributed by atoms with E-state index in [-0.39, 0.29) is 5.91 Å². The summed E-state index contributed by atoms with van der Waals surface area (Å²) >= 11 is 0. The molecule has 0 aromatic heterocycles. The summed E-state index contributed by atoms with van der Waals surface area (Å²) in [4.78, 5) is 16.6. The number of nitriles is 1. The van der Waals surface area contributed by atoms with Crippen LogP contribution in [0.15, 0.2) is 30.3 Å². The fraction of sp³-hybridized carbons (Fsp3) is 0.500. The molecule has 0 spiro atoms. The van der Waals surface area contributed by atoms with Gasteiger partial charge in [0.1, 0.15) is 5.75 Å². The van der Waals surface area contributed by atoms with Crippen LogP contribution in [0.2, 0.25) is 0 Å². The summed E-state index contributed by atoms with van der Waals surface area (Å²) in [6, 6.07) is 9.73. The molecule has 1 aromatic carbocycles. The van der Waals surface area contributed by atoms with Crippen LogP contribution in [0.1, 0.15) is 18.9 Å². The molecule has 2 rings (SSSR count). The van der Waals surface area contributed by atoms with Gasteiger partial charge in [-0.3, -0.25) is 9.69 Å². The van der Waals surface area contributed by atoms with E-state index >= 15 is 0 Å². The summed E-state index contributed by atoms with van der Waals surface area (Å²) in [5.74, 6) is 0.750. The molecule has 0 unspecified atom stereocenters. The van der Waals surface area contributed by atoms with Gasteiger partial charge in [-0.2, -0.15) is 5.26 Å². The Hall–Kier alpha value is -2.36. The lowest BCUT2D eigenvalue weighted by atomic mass is 10.2. The number of rotatable bonds is 9. The molecule has 0 bridgehead atoms. The van der Waals surface area contributed by atoms with Crippen molar-refractivity contribution in [1.82, 2.24) is 9.80 Å². The topological polar surface area (TPSA) is 65.8 Å². The van der Waals surface area contributed by atoms with Crippen molar-refractivity contribution in [3.05, 3.63) is 35.9 Å². The molecule has 1 heterocycles. The summed E-state index contributed by atoms with van der Waals surface area (Å²) in [5, 5.41) is 8.85. The second-order valence-corrected chi connectivity index (χ2v) is 6.02. The third kappa shape index (κ3) is 6.87. The second-order valence-electron chi connectivity index (χ2n) is 6.02. The summed E-state index contributed by atoms with van der Waals surface area (Å²) in [7, 11) is 0. The zero-order chi connectivity index (χ0) is 18.6. The van der Waals surface area contributed by atoms with Crippen molar-refractivity contribution < 1.29 is 14.3 Å². The van der Waals surface area contributed by atoms with E-state index in [1.54, 1.807) is 17.1 Å². The first-order valence-corrected chi connectivity index (χ1v) is 9.10. The van der Waals surface area contributed by atoms with Crippen LogP contribution in [-0.4, -0.2) is 68.3 Å². The van der Waals surface area contributed by atoms with E-state index < -0.39 is 0 Å². The van der Waals surface area contributed by atoms with Gasteiger partial charge in [0.25, 0.3) is 0 Å². The summed E-state index contributed by atoms with van der Waals surface area (Å²) in [6.45, 7) is 7.71. The van der Waals surface area contributed by atoms with Crippen molar-refractivity contribution in [2.45, 2.75) is 13.3 Å². The van der Waals surface area contributed by atoms with Gasteiger partial charge in [0.15, 0.2) is 0 Å². The largest absolute Gasteiger partial charge is 0.494 e. The average molecular weight is 357 g/mol. The van der Waals surface area contributed by atoms with Gasteiger partial charge in [0.2, 0.25) is 5.91 Å². The van der Waals surface area contributed by atoms with Crippen LogP contribution in [0.4, 0.5) is 0 Å². The third-order valence-electron chi connectivity index (χ3n) is 4.20. The molecule has 1 fully saturated rings. The summed E-state index contributed by atoms with van der Waals surface area (Å²) < 4.78 is 10.8. The molecular formula is C20H27N3O3. The molecule has 6 nitrogen and oxygen atoms in total. The number of amides is 1. The number of hydrogen-bond acceptors (Lipinski definition) is 5. The number of ether oxygens (including phenoxy) is 2. The molecular weight excluding hydrogens is 330 g/mol. The van der Waals surface area contributed by atoms with E-state index in [4.69, 9.17) is 14.7 Å². The number of nitrogens with zero attached hydrogens (tertiary/aromatic N) is 3.